The van der Waals surface area contributed by atoms with Crippen molar-refractivity contribution in [2.24, 2.45) is 0 Å². The van der Waals surface area contributed by atoms with Gasteiger partial charge in [-0.3, -0.25) is 14.9 Å². The molecule has 0 aliphatic heterocycles. The van der Waals surface area contributed by atoms with Crippen LogP contribution >= 0.6 is 11.6 Å². The molecule has 0 unspecified atom stereocenters. The summed E-state index contributed by atoms with van der Waals surface area (Å²) in [6, 6.07) is 3.20. The molecule has 0 atom stereocenters. The van der Waals surface area contributed by atoms with Crippen molar-refractivity contribution in [1.29, 1.82) is 0 Å². The first-order valence-corrected chi connectivity index (χ1v) is 8.34. The average Bonchev–Trinajstić information content (AvgIpc) is 2.51. The quantitative estimate of drug-likeness (QED) is 0.392. The molecule has 0 saturated carbocycles. The summed E-state index contributed by atoms with van der Waals surface area (Å²) in [6.45, 7) is 2.93. The van der Waals surface area contributed by atoms with Crippen molar-refractivity contribution >= 4 is 33.3 Å². The van der Waals surface area contributed by atoms with E-state index in [0.29, 0.717) is 0 Å². The van der Waals surface area contributed by atoms with Crippen LogP contribution in [0, 0.1) is 10.1 Å². The van der Waals surface area contributed by atoms with E-state index >= 15 is 0 Å². The number of methoxy groups -OCH3 is 1. The van der Waals surface area contributed by atoms with E-state index in [-0.39, 0.29) is 35.2 Å². The summed E-state index contributed by atoms with van der Waals surface area (Å²) in [5.74, 6) is -0.732. The van der Waals surface area contributed by atoms with Crippen LogP contribution in [0.1, 0.15) is 6.42 Å². The van der Waals surface area contributed by atoms with Gasteiger partial charge in [0.2, 0.25) is 10.0 Å². The van der Waals surface area contributed by atoms with Gasteiger partial charge in [-0.05, 0) is 12.1 Å². The van der Waals surface area contributed by atoms with Gasteiger partial charge in [0.05, 0.1) is 23.3 Å². The topological polar surface area (TPSA) is 125 Å². The number of hydrogen-bond acceptors (Lipinski definition) is 7. The Balaban J connectivity index is 2.75. The molecule has 0 fully saturated rings. The van der Waals surface area contributed by atoms with Crippen LogP contribution in [0.5, 0.6) is 5.75 Å². The van der Waals surface area contributed by atoms with Crippen LogP contribution in [0.25, 0.3) is 0 Å². The molecule has 0 aromatic heterocycles. The van der Waals surface area contributed by atoms with Crippen LogP contribution in [0.2, 0.25) is 0 Å². The number of sulfonamides is 1. The molecule has 0 bridgehead atoms. The van der Waals surface area contributed by atoms with Crippen LogP contribution < -0.4 is 9.46 Å². The van der Waals surface area contributed by atoms with Crippen LogP contribution in [-0.2, 0) is 19.6 Å². The van der Waals surface area contributed by atoms with E-state index < -0.39 is 26.6 Å². The maximum absolute atomic E-state index is 12.1. The van der Waals surface area contributed by atoms with Crippen molar-refractivity contribution < 1.29 is 27.6 Å². The Morgan fingerprint density at radius 1 is 1.46 bits per heavy atom. The molecule has 11 heteroatoms. The highest BCUT2D eigenvalue weighted by Gasteiger charge is 2.22. The number of rotatable bonds is 9. The number of nitrogens with one attached hydrogen (secondary N) is 1. The Morgan fingerprint density at radius 3 is 2.67 bits per heavy atom. The summed E-state index contributed by atoms with van der Waals surface area (Å²) in [5.41, 5.74) is -0.486. The molecule has 132 valence electrons. The molecule has 0 aliphatic rings. The van der Waals surface area contributed by atoms with Crippen LogP contribution in [0.15, 0.2) is 34.7 Å². The second-order valence-electron chi connectivity index (χ2n) is 4.42. The first-order chi connectivity index (χ1) is 11.2. The number of nitro groups is 1. The number of halogens is 1. The number of benzene rings is 1. The minimum atomic E-state index is -4.03. The Labute approximate surface area is 143 Å². The smallest absolute Gasteiger partial charge is 0.312 e. The number of ether oxygens (including phenoxy) is 2. The fourth-order valence-corrected chi connectivity index (χ4v) is 2.69. The van der Waals surface area contributed by atoms with E-state index in [1.807, 2.05) is 0 Å². The number of carbonyl (C=O) groups is 1. The zero-order valence-electron chi connectivity index (χ0n) is 12.7. The Morgan fingerprint density at radius 2 is 2.12 bits per heavy atom. The fraction of sp³-hybridized carbons (Fsp3) is 0.308. The van der Waals surface area contributed by atoms with Gasteiger partial charge in [-0.1, -0.05) is 18.2 Å². The molecule has 1 rings (SSSR count). The summed E-state index contributed by atoms with van der Waals surface area (Å²) in [7, 11) is -2.80. The molecular weight excluding hydrogens is 364 g/mol. The molecule has 0 saturated heterocycles. The number of nitro benzene ring substituents is 1. The summed E-state index contributed by atoms with van der Waals surface area (Å²) < 4.78 is 35.8. The van der Waals surface area contributed by atoms with Crippen molar-refractivity contribution in [1.82, 2.24) is 4.72 Å². The molecule has 0 amide bonds. The van der Waals surface area contributed by atoms with Crippen molar-refractivity contribution in [2.75, 3.05) is 20.3 Å². The van der Waals surface area contributed by atoms with Crippen LogP contribution in [0.3, 0.4) is 0 Å². The predicted octanol–water partition coefficient (Wildman–Crippen LogP) is 1.57. The lowest BCUT2D eigenvalue weighted by Gasteiger charge is -2.08. The molecule has 1 N–H and O–H groups in total. The van der Waals surface area contributed by atoms with E-state index in [1.54, 1.807) is 0 Å². The van der Waals surface area contributed by atoms with Crippen molar-refractivity contribution in [3.8, 4) is 5.75 Å². The predicted molar refractivity (Wildman–Crippen MR) is 85.4 cm³/mol. The molecule has 1 aromatic carbocycles. The molecule has 0 aliphatic carbocycles. The van der Waals surface area contributed by atoms with E-state index in [2.05, 4.69) is 11.3 Å². The fourth-order valence-electron chi connectivity index (χ4n) is 1.58. The lowest BCUT2D eigenvalue weighted by Crippen LogP contribution is -2.27. The van der Waals surface area contributed by atoms with E-state index in [9.17, 15) is 23.3 Å². The van der Waals surface area contributed by atoms with Gasteiger partial charge in [0, 0.05) is 17.6 Å². The lowest BCUT2D eigenvalue weighted by molar-refractivity contribution is -0.386. The highest BCUT2D eigenvalue weighted by Crippen LogP contribution is 2.29. The van der Waals surface area contributed by atoms with Gasteiger partial charge >= 0.3 is 11.7 Å². The summed E-state index contributed by atoms with van der Waals surface area (Å²) >= 11 is 5.43. The maximum atomic E-state index is 12.1. The molecule has 24 heavy (non-hydrogen) atoms. The van der Waals surface area contributed by atoms with Crippen LogP contribution in [-0.4, -0.2) is 39.6 Å². The minimum absolute atomic E-state index is 0.0659. The first kappa shape index (κ1) is 19.9. The maximum Gasteiger partial charge on any atom is 0.312 e. The lowest BCUT2D eigenvalue weighted by atomic mass is 10.3. The molecule has 0 spiro atoms. The summed E-state index contributed by atoms with van der Waals surface area (Å²) in [5, 5.41) is 11.1. The third kappa shape index (κ3) is 5.80. The largest absolute Gasteiger partial charge is 0.490 e. The van der Waals surface area contributed by atoms with Crippen LogP contribution in [0.4, 0.5) is 5.69 Å². The van der Waals surface area contributed by atoms with Crippen molar-refractivity contribution in [2.45, 2.75) is 11.3 Å². The first-order valence-electron chi connectivity index (χ1n) is 6.48. The Hall–Kier alpha value is -2.17. The third-order valence-corrected chi connectivity index (χ3v) is 4.24. The normalized spacial score (nSPS) is 10.9. The van der Waals surface area contributed by atoms with E-state index in [0.717, 1.165) is 12.1 Å². The summed E-state index contributed by atoms with van der Waals surface area (Å²) in [4.78, 5) is 21.2. The van der Waals surface area contributed by atoms with Crippen molar-refractivity contribution in [3.05, 3.63) is 39.9 Å². The Kier molecular flexibility index (Phi) is 7.14. The van der Waals surface area contributed by atoms with E-state index in [1.165, 1.54) is 13.2 Å². The number of carbonyl (C=O) groups excluding carboxylic acids is 1. The second kappa shape index (κ2) is 8.62. The second-order valence-corrected chi connectivity index (χ2v) is 6.72. The molecule has 1 aromatic rings. The molecule has 0 heterocycles. The number of nitrogens with zero attached hydrogens (tertiary/aromatic N) is 1. The third-order valence-electron chi connectivity index (χ3n) is 2.67. The molecular formula is C13H15ClN2O7S. The monoisotopic (exact) mass is 378 g/mol. The molecule has 9 nitrogen and oxygen atoms in total. The van der Waals surface area contributed by atoms with E-state index in [4.69, 9.17) is 21.1 Å². The zero-order valence-corrected chi connectivity index (χ0v) is 14.2. The van der Waals surface area contributed by atoms with Crippen molar-refractivity contribution in [3.63, 3.8) is 0 Å². The number of esters is 1. The summed E-state index contributed by atoms with van der Waals surface area (Å²) in [6.07, 6.45) is -0.234. The standard InChI is InChI=1S/C13H15ClN2O7S/c1-9(14)8-23-13(17)5-6-15-24(20,21)10-3-4-12(22-2)11(7-10)16(18)19/h3-4,7,15H,1,5-6,8H2,2H3. The van der Waals surface area contributed by atoms with Gasteiger partial charge < -0.3 is 9.47 Å². The van der Waals surface area contributed by atoms with Gasteiger partial charge in [-0.15, -0.1) is 0 Å². The van der Waals surface area contributed by atoms with Gasteiger partial charge in [-0.25, -0.2) is 13.1 Å². The Bertz CT molecular complexity index is 749. The zero-order chi connectivity index (χ0) is 18.3. The highest BCUT2D eigenvalue weighted by atomic mass is 35.5. The SMILES string of the molecule is C=C(Cl)COC(=O)CCNS(=O)(=O)c1ccc(OC)c([N+](=O)[O-])c1. The van der Waals surface area contributed by atoms with Gasteiger partial charge in [-0.2, -0.15) is 0 Å². The highest BCUT2D eigenvalue weighted by molar-refractivity contribution is 7.89. The average molecular weight is 379 g/mol. The van der Waals surface area contributed by atoms with Gasteiger partial charge in [0.1, 0.15) is 6.61 Å². The van der Waals surface area contributed by atoms with Gasteiger partial charge in [0.25, 0.3) is 0 Å². The minimum Gasteiger partial charge on any atom is -0.490 e. The van der Waals surface area contributed by atoms with Gasteiger partial charge in [0.15, 0.2) is 5.75 Å². The molecule has 0 radical (unpaired) electrons. The number of hydrogen-bond donors (Lipinski definition) is 1.